The second kappa shape index (κ2) is 8.73. The molecule has 0 aliphatic heterocycles. The molecule has 8 nitrogen and oxygen atoms in total. The molecule has 160 valence electrons. The zero-order chi connectivity index (χ0) is 22.7. The number of benzene rings is 3. The van der Waals surface area contributed by atoms with Gasteiger partial charge in [0, 0.05) is 17.7 Å². The number of aryl methyl sites for hydroxylation is 2. The number of hydrogen-bond acceptors (Lipinski definition) is 5. The molecule has 3 aromatic carbocycles. The number of rotatable bonds is 6. The summed E-state index contributed by atoms with van der Waals surface area (Å²) < 4.78 is 5.82. The molecule has 0 aliphatic rings. The number of anilines is 1. The number of non-ortho nitro benzene ring substituents is 1. The van der Waals surface area contributed by atoms with Crippen molar-refractivity contribution in [2.45, 2.75) is 13.8 Å². The van der Waals surface area contributed by atoms with E-state index in [1.807, 2.05) is 56.3 Å². The van der Waals surface area contributed by atoms with Gasteiger partial charge in [0.1, 0.15) is 17.2 Å². The number of amides is 1. The van der Waals surface area contributed by atoms with Crippen molar-refractivity contribution in [2.24, 2.45) is 0 Å². The molecular formula is C24H20N4O4. The zero-order valence-corrected chi connectivity index (χ0v) is 17.5. The summed E-state index contributed by atoms with van der Waals surface area (Å²) in [5.41, 5.74) is 3.76. The van der Waals surface area contributed by atoms with Gasteiger partial charge in [0.2, 0.25) is 0 Å². The molecule has 8 heteroatoms. The maximum atomic E-state index is 12.7. The molecule has 4 rings (SSSR count). The fourth-order valence-electron chi connectivity index (χ4n) is 3.13. The summed E-state index contributed by atoms with van der Waals surface area (Å²) in [6.07, 6.45) is 0. The lowest BCUT2D eigenvalue weighted by atomic mass is 10.1. The number of H-pyrrole nitrogens is 1. The lowest BCUT2D eigenvalue weighted by Crippen LogP contribution is -2.12. The molecule has 2 N–H and O–H groups in total. The maximum Gasteiger partial charge on any atom is 0.275 e. The minimum absolute atomic E-state index is 0.198. The summed E-state index contributed by atoms with van der Waals surface area (Å²) >= 11 is 0. The number of aromatic amines is 1. The molecule has 32 heavy (non-hydrogen) atoms. The number of nitro benzene ring substituents is 1. The summed E-state index contributed by atoms with van der Waals surface area (Å²) in [7, 11) is 0. The summed E-state index contributed by atoms with van der Waals surface area (Å²) in [6.45, 7) is 3.86. The van der Waals surface area contributed by atoms with Gasteiger partial charge >= 0.3 is 0 Å². The van der Waals surface area contributed by atoms with Gasteiger partial charge in [-0.3, -0.25) is 20.0 Å². The van der Waals surface area contributed by atoms with E-state index in [1.165, 1.54) is 18.2 Å². The average Bonchev–Trinajstić information content (AvgIpc) is 3.26. The lowest BCUT2D eigenvalue weighted by Gasteiger charge is -2.10. The Balaban J connectivity index is 1.57. The Labute approximate surface area is 184 Å². The highest BCUT2D eigenvalue weighted by molar-refractivity contribution is 6.03. The van der Waals surface area contributed by atoms with Gasteiger partial charge in [-0.2, -0.15) is 5.10 Å². The molecule has 0 fully saturated rings. The van der Waals surface area contributed by atoms with Gasteiger partial charge in [-0.1, -0.05) is 48.0 Å². The van der Waals surface area contributed by atoms with Crippen LogP contribution in [-0.4, -0.2) is 21.0 Å². The van der Waals surface area contributed by atoms with Crippen molar-refractivity contribution >= 4 is 17.3 Å². The third kappa shape index (κ3) is 4.65. The van der Waals surface area contributed by atoms with Crippen LogP contribution in [0.15, 0.2) is 72.8 Å². The quantitative estimate of drug-likeness (QED) is 0.305. The van der Waals surface area contributed by atoms with E-state index in [2.05, 4.69) is 15.5 Å². The van der Waals surface area contributed by atoms with Crippen molar-refractivity contribution in [3.63, 3.8) is 0 Å². The maximum absolute atomic E-state index is 12.7. The standard InChI is InChI=1S/C24H20N4O4/c1-15-7-9-17(10-8-15)21-14-22(27-26-21)24(29)25-18-11-19(28(30)31)13-20(12-18)32-23-6-4-3-5-16(23)2/h3-14H,1-2H3,(H,25,29)(H,26,27). The number of carbonyl (C=O) groups is 1. The number of nitrogens with zero attached hydrogens (tertiary/aromatic N) is 2. The number of carbonyl (C=O) groups excluding carboxylic acids is 1. The first-order chi connectivity index (χ1) is 15.4. The SMILES string of the molecule is Cc1ccc(-c2cc(C(=O)Nc3cc(Oc4ccccc4C)cc([N+](=O)[O-])c3)[nH]n2)cc1. The van der Waals surface area contributed by atoms with E-state index in [9.17, 15) is 14.9 Å². The Morgan fingerprint density at radius 1 is 1.03 bits per heavy atom. The van der Waals surface area contributed by atoms with E-state index >= 15 is 0 Å². The minimum Gasteiger partial charge on any atom is -0.457 e. The number of hydrogen-bond donors (Lipinski definition) is 2. The molecule has 0 spiro atoms. The van der Waals surface area contributed by atoms with Crippen LogP contribution >= 0.6 is 0 Å². The van der Waals surface area contributed by atoms with Crippen molar-refractivity contribution in [1.82, 2.24) is 10.2 Å². The van der Waals surface area contributed by atoms with Crippen molar-refractivity contribution in [3.05, 3.63) is 99.7 Å². The molecule has 1 heterocycles. The van der Waals surface area contributed by atoms with Gasteiger partial charge in [0.05, 0.1) is 22.4 Å². The van der Waals surface area contributed by atoms with Gasteiger partial charge < -0.3 is 10.1 Å². The Bertz CT molecular complexity index is 1300. The van der Waals surface area contributed by atoms with E-state index in [0.29, 0.717) is 11.4 Å². The fourth-order valence-corrected chi connectivity index (χ4v) is 3.13. The molecule has 0 radical (unpaired) electrons. The zero-order valence-electron chi connectivity index (χ0n) is 17.5. The van der Waals surface area contributed by atoms with Gasteiger partial charge in [-0.05, 0) is 31.5 Å². The fraction of sp³-hybridized carbons (Fsp3) is 0.0833. The first-order valence-electron chi connectivity index (χ1n) is 9.86. The van der Waals surface area contributed by atoms with Crippen LogP contribution in [0.25, 0.3) is 11.3 Å². The van der Waals surface area contributed by atoms with Crippen LogP contribution in [-0.2, 0) is 0 Å². The summed E-state index contributed by atoms with van der Waals surface area (Å²) in [5, 5.41) is 21.0. The van der Waals surface area contributed by atoms with Gasteiger partial charge in [0.25, 0.3) is 11.6 Å². The van der Waals surface area contributed by atoms with Crippen LogP contribution in [0.1, 0.15) is 21.6 Å². The van der Waals surface area contributed by atoms with Crippen LogP contribution in [0.4, 0.5) is 11.4 Å². The largest absolute Gasteiger partial charge is 0.457 e. The Morgan fingerprint density at radius 2 is 1.78 bits per heavy atom. The molecule has 1 amide bonds. The minimum atomic E-state index is -0.536. The van der Waals surface area contributed by atoms with Crippen LogP contribution in [0, 0.1) is 24.0 Å². The Morgan fingerprint density at radius 3 is 2.50 bits per heavy atom. The van der Waals surface area contributed by atoms with Gasteiger partial charge in [0.15, 0.2) is 0 Å². The van der Waals surface area contributed by atoms with Gasteiger partial charge in [-0.15, -0.1) is 0 Å². The Kier molecular flexibility index (Phi) is 5.67. The van der Waals surface area contributed by atoms with E-state index in [4.69, 9.17) is 4.74 Å². The summed E-state index contributed by atoms with van der Waals surface area (Å²) in [5.74, 6) is 0.341. The van der Waals surface area contributed by atoms with E-state index in [1.54, 1.807) is 12.1 Å². The first kappa shape index (κ1) is 20.8. The molecule has 0 atom stereocenters. The Hall–Kier alpha value is -4.46. The summed E-state index contributed by atoms with van der Waals surface area (Å²) in [6, 6.07) is 20.8. The third-order valence-corrected chi connectivity index (χ3v) is 4.85. The molecular weight excluding hydrogens is 408 g/mol. The smallest absolute Gasteiger partial charge is 0.275 e. The van der Waals surface area contributed by atoms with Crippen molar-refractivity contribution < 1.29 is 14.5 Å². The molecule has 1 aromatic heterocycles. The second-order valence-corrected chi connectivity index (χ2v) is 7.33. The highest BCUT2D eigenvalue weighted by Crippen LogP contribution is 2.31. The van der Waals surface area contributed by atoms with Crippen molar-refractivity contribution in [3.8, 4) is 22.8 Å². The second-order valence-electron chi connectivity index (χ2n) is 7.33. The molecule has 0 saturated heterocycles. The highest BCUT2D eigenvalue weighted by atomic mass is 16.6. The molecule has 4 aromatic rings. The van der Waals surface area contributed by atoms with E-state index < -0.39 is 10.8 Å². The van der Waals surface area contributed by atoms with Crippen LogP contribution in [0.3, 0.4) is 0 Å². The van der Waals surface area contributed by atoms with E-state index in [0.717, 1.165) is 16.7 Å². The number of ether oxygens (including phenoxy) is 1. The highest BCUT2D eigenvalue weighted by Gasteiger charge is 2.16. The molecule has 0 aliphatic carbocycles. The number of nitrogens with one attached hydrogen (secondary N) is 2. The van der Waals surface area contributed by atoms with Crippen LogP contribution in [0.5, 0.6) is 11.5 Å². The van der Waals surface area contributed by atoms with Gasteiger partial charge in [-0.25, -0.2) is 0 Å². The number of nitro groups is 1. The predicted molar refractivity (Wildman–Crippen MR) is 121 cm³/mol. The monoisotopic (exact) mass is 428 g/mol. The topological polar surface area (TPSA) is 110 Å². The summed E-state index contributed by atoms with van der Waals surface area (Å²) in [4.78, 5) is 23.6. The lowest BCUT2D eigenvalue weighted by molar-refractivity contribution is -0.384. The normalized spacial score (nSPS) is 10.6. The number of para-hydroxylation sites is 1. The predicted octanol–water partition coefficient (Wildman–Crippen LogP) is 5.65. The van der Waals surface area contributed by atoms with Crippen molar-refractivity contribution in [2.75, 3.05) is 5.32 Å². The molecule has 0 unspecified atom stereocenters. The average molecular weight is 428 g/mol. The van der Waals surface area contributed by atoms with E-state index in [-0.39, 0.29) is 22.8 Å². The van der Waals surface area contributed by atoms with Crippen LogP contribution < -0.4 is 10.1 Å². The molecule has 0 saturated carbocycles. The molecule has 0 bridgehead atoms. The third-order valence-electron chi connectivity index (χ3n) is 4.85. The first-order valence-corrected chi connectivity index (χ1v) is 9.86. The van der Waals surface area contributed by atoms with Crippen LogP contribution in [0.2, 0.25) is 0 Å². The van der Waals surface area contributed by atoms with Crippen molar-refractivity contribution in [1.29, 1.82) is 0 Å². The number of aromatic nitrogens is 2.